The van der Waals surface area contributed by atoms with Gasteiger partial charge in [0.2, 0.25) is 0 Å². The van der Waals surface area contributed by atoms with E-state index in [1.165, 1.54) is 0 Å². The average Bonchev–Trinajstić information content (AvgIpc) is 2.10. The molecular formula is C17H50O5Si7. The fourth-order valence-electron chi connectivity index (χ4n) is 4.56. The van der Waals surface area contributed by atoms with E-state index in [1.54, 1.807) is 0 Å². The van der Waals surface area contributed by atoms with Gasteiger partial charge in [0.15, 0.2) is 33.3 Å². The van der Waals surface area contributed by atoms with Gasteiger partial charge in [0, 0.05) is 0 Å². The van der Waals surface area contributed by atoms with Crippen molar-refractivity contribution in [3.63, 3.8) is 0 Å². The maximum absolute atomic E-state index is 6.79. The lowest BCUT2D eigenvalue weighted by Gasteiger charge is -2.43. The highest BCUT2D eigenvalue weighted by Gasteiger charge is 2.46. The van der Waals surface area contributed by atoms with Gasteiger partial charge in [-0.25, -0.2) is 0 Å². The van der Waals surface area contributed by atoms with E-state index in [-0.39, 0.29) is 0 Å². The summed E-state index contributed by atoms with van der Waals surface area (Å²) >= 11 is 0. The van der Waals surface area contributed by atoms with Gasteiger partial charge < -0.3 is 20.6 Å². The zero-order valence-electron chi connectivity index (χ0n) is 22.2. The summed E-state index contributed by atoms with van der Waals surface area (Å²) in [5.74, 6) is 0. The van der Waals surface area contributed by atoms with Gasteiger partial charge in [0.1, 0.15) is 0 Å². The van der Waals surface area contributed by atoms with Crippen LogP contribution in [0.2, 0.25) is 110 Å². The van der Waals surface area contributed by atoms with Gasteiger partial charge in [-0.1, -0.05) is 0 Å². The standard InChI is InChI=1S/C17H50O5Si7/c1-23(2,3)18-27(11,12)20-25(7,8)17-26(9,10)21-29(15,16)22-28(13,14)19-24(4,5)6/h17H2,1-16H3. The molecule has 0 aliphatic heterocycles. The van der Waals surface area contributed by atoms with Crippen LogP contribution in [0.1, 0.15) is 0 Å². The van der Waals surface area contributed by atoms with Gasteiger partial charge in [0.25, 0.3) is 0 Å². The lowest BCUT2D eigenvalue weighted by atomic mass is 11.8. The van der Waals surface area contributed by atoms with Crippen LogP contribution < -0.4 is 0 Å². The third-order valence-electron chi connectivity index (χ3n) is 3.49. The first-order valence-corrected chi connectivity index (χ1v) is 32.2. The summed E-state index contributed by atoms with van der Waals surface area (Å²) in [6.45, 7) is 35.7. The summed E-state index contributed by atoms with van der Waals surface area (Å²) in [6, 6.07) is 0. The molecule has 0 aliphatic rings. The van der Waals surface area contributed by atoms with E-state index in [2.05, 4.69) is 105 Å². The Kier molecular flexibility index (Phi) is 10.1. The number of hydrogen-bond acceptors (Lipinski definition) is 5. The van der Waals surface area contributed by atoms with Crippen molar-refractivity contribution in [1.82, 2.24) is 0 Å². The summed E-state index contributed by atoms with van der Waals surface area (Å²) in [4.78, 5) is 0. The molecule has 0 saturated heterocycles. The molecule has 0 heterocycles. The Morgan fingerprint density at radius 3 is 0.862 bits per heavy atom. The zero-order valence-corrected chi connectivity index (χ0v) is 29.2. The van der Waals surface area contributed by atoms with Crippen LogP contribution in [0.3, 0.4) is 0 Å². The van der Waals surface area contributed by atoms with Crippen LogP contribution in [0.25, 0.3) is 0 Å². The van der Waals surface area contributed by atoms with Crippen LogP contribution in [0, 0.1) is 0 Å². The summed E-state index contributed by atoms with van der Waals surface area (Å²) in [5.41, 5.74) is 1.04. The van der Waals surface area contributed by atoms with E-state index < -0.39 is 59.0 Å². The quantitative estimate of drug-likeness (QED) is 0.260. The molecule has 0 aromatic rings. The van der Waals surface area contributed by atoms with E-state index in [1.807, 2.05) is 0 Å². The molecule has 29 heavy (non-hydrogen) atoms. The second kappa shape index (κ2) is 9.67. The monoisotopic (exact) mass is 530 g/mol. The average molecular weight is 531 g/mol. The molecule has 0 unspecified atom stereocenters. The molecule has 0 radical (unpaired) electrons. The van der Waals surface area contributed by atoms with Crippen molar-refractivity contribution in [2.45, 2.75) is 110 Å². The molecular weight excluding hydrogens is 481 g/mol. The van der Waals surface area contributed by atoms with Gasteiger partial charge in [-0.2, -0.15) is 0 Å². The smallest absolute Gasteiger partial charge is 0.312 e. The predicted octanol–water partition coefficient (Wildman–Crippen LogP) is 6.79. The first-order chi connectivity index (χ1) is 12.2. The summed E-state index contributed by atoms with van der Waals surface area (Å²) in [7, 11) is -13.8. The van der Waals surface area contributed by atoms with Crippen molar-refractivity contribution in [2.24, 2.45) is 0 Å². The topological polar surface area (TPSA) is 46.2 Å². The van der Waals surface area contributed by atoms with Crippen molar-refractivity contribution in [1.29, 1.82) is 0 Å². The molecule has 176 valence electrons. The van der Waals surface area contributed by atoms with E-state index in [0.29, 0.717) is 0 Å². The zero-order chi connectivity index (χ0) is 23.7. The minimum absolute atomic E-state index is 1.04. The molecule has 5 nitrogen and oxygen atoms in total. The van der Waals surface area contributed by atoms with Crippen LogP contribution in [-0.2, 0) is 20.6 Å². The Bertz CT molecular complexity index is 491. The van der Waals surface area contributed by atoms with Crippen molar-refractivity contribution < 1.29 is 20.6 Å². The first-order valence-electron chi connectivity index (χ1n) is 10.7. The Hall–Kier alpha value is 1.32. The van der Waals surface area contributed by atoms with Gasteiger partial charge in [0.05, 0.1) is 0 Å². The summed E-state index contributed by atoms with van der Waals surface area (Å²) in [5, 5.41) is 0. The van der Waals surface area contributed by atoms with Gasteiger partial charge in [-0.05, 0) is 110 Å². The second-order valence-corrected chi connectivity index (χ2v) is 42.0. The first kappa shape index (κ1) is 30.3. The third-order valence-corrected chi connectivity index (χ3v) is 31.4. The molecule has 0 spiro atoms. The minimum Gasteiger partial charge on any atom is -0.437 e. The normalized spacial score (nSPS) is 15.7. The highest BCUT2D eigenvalue weighted by Crippen LogP contribution is 2.30. The van der Waals surface area contributed by atoms with Crippen molar-refractivity contribution in [2.75, 3.05) is 0 Å². The molecule has 0 aromatic carbocycles. The lowest BCUT2D eigenvalue weighted by Crippen LogP contribution is -2.58. The van der Waals surface area contributed by atoms with Gasteiger partial charge >= 0.3 is 25.7 Å². The van der Waals surface area contributed by atoms with Crippen LogP contribution in [0.4, 0.5) is 0 Å². The van der Waals surface area contributed by atoms with E-state index in [9.17, 15) is 0 Å². The Morgan fingerprint density at radius 1 is 0.345 bits per heavy atom. The molecule has 0 amide bonds. The molecule has 12 heteroatoms. The molecule has 0 atom stereocenters. The third kappa shape index (κ3) is 15.7. The van der Waals surface area contributed by atoms with E-state index >= 15 is 0 Å². The fraction of sp³-hybridized carbons (Fsp3) is 1.00. The molecule has 0 saturated carbocycles. The van der Waals surface area contributed by atoms with Crippen molar-refractivity contribution in [3.8, 4) is 0 Å². The van der Waals surface area contributed by atoms with Crippen LogP contribution in [0.5, 0.6) is 0 Å². The van der Waals surface area contributed by atoms with Gasteiger partial charge in [-0.15, -0.1) is 0 Å². The molecule has 0 fully saturated rings. The Balaban J connectivity index is 5.15. The van der Waals surface area contributed by atoms with E-state index in [4.69, 9.17) is 20.6 Å². The summed E-state index contributed by atoms with van der Waals surface area (Å²) < 4.78 is 32.9. The van der Waals surface area contributed by atoms with Crippen LogP contribution in [-0.4, -0.2) is 59.0 Å². The molecule has 0 N–H and O–H groups in total. The largest absolute Gasteiger partial charge is 0.437 e. The second-order valence-electron chi connectivity index (χ2n) is 12.6. The van der Waals surface area contributed by atoms with Gasteiger partial charge in [-0.3, -0.25) is 0 Å². The van der Waals surface area contributed by atoms with E-state index in [0.717, 1.165) is 5.67 Å². The number of rotatable bonds is 12. The fourth-order valence-corrected chi connectivity index (χ4v) is 43.4. The lowest BCUT2D eigenvalue weighted by molar-refractivity contribution is 0.330. The van der Waals surface area contributed by atoms with Crippen molar-refractivity contribution >= 4 is 59.0 Å². The molecule has 0 aromatic heterocycles. The predicted molar refractivity (Wildman–Crippen MR) is 144 cm³/mol. The minimum atomic E-state index is -2.30. The Labute approximate surface area is 189 Å². The SMILES string of the molecule is C[Si](C)(C)O[Si](C)(C)O[Si](C)(C)C[Si](C)(C)O[Si](C)(C)O[Si](C)(C)O[Si](C)(C)C. The maximum Gasteiger partial charge on any atom is 0.312 e. The maximum atomic E-state index is 6.79. The highest BCUT2D eigenvalue weighted by atomic mass is 28.5. The molecule has 0 bridgehead atoms. The molecule has 0 rings (SSSR count). The van der Waals surface area contributed by atoms with Crippen molar-refractivity contribution in [3.05, 3.63) is 0 Å². The number of hydrogen-bond donors (Lipinski definition) is 0. The molecule has 0 aliphatic carbocycles. The summed E-state index contributed by atoms with van der Waals surface area (Å²) in [6.07, 6.45) is 0. The van der Waals surface area contributed by atoms with Crippen LogP contribution in [0.15, 0.2) is 0 Å². The Morgan fingerprint density at radius 2 is 0.586 bits per heavy atom. The van der Waals surface area contributed by atoms with Crippen LogP contribution >= 0.6 is 0 Å². The highest BCUT2D eigenvalue weighted by molar-refractivity contribution is 6.97.